The average Bonchev–Trinajstić information content (AvgIpc) is 3.08. The van der Waals surface area contributed by atoms with E-state index in [2.05, 4.69) is 15.6 Å². The third-order valence-electron chi connectivity index (χ3n) is 3.80. The molecule has 5 nitrogen and oxygen atoms in total. The first-order valence-electron chi connectivity index (χ1n) is 7.61. The number of urea groups is 1. The van der Waals surface area contributed by atoms with Gasteiger partial charge in [-0.3, -0.25) is 0 Å². The lowest BCUT2D eigenvalue weighted by Gasteiger charge is -2.22. The summed E-state index contributed by atoms with van der Waals surface area (Å²) >= 11 is 1.92. The van der Waals surface area contributed by atoms with Crippen molar-refractivity contribution in [3.63, 3.8) is 0 Å². The van der Waals surface area contributed by atoms with Gasteiger partial charge in [0.15, 0.2) is 0 Å². The molecule has 2 N–H and O–H groups in total. The first kappa shape index (κ1) is 15.9. The van der Waals surface area contributed by atoms with Crippen LogP contribution in [-0.2, 0) is 6.54 Å². The molecule has 2 amide bonds. The normalized spacial score (nSPS) is 15.3. The molecule has 0 aliphatic carbocycles. The van der Waals surface area contributed by atoms with Crippen LogP contribution < -0.4 is 10.6 Å². The number of rotatable bonds is 4. The first-order valence-corrected chi connectivity index (χ1v) is 8.77. The van der Waals surface area contributed by atoms with E-state index in [9.17, 15) is 9.18 Å². The topological polar surface area (TPSA) is 59.0 Å². The summed E-state index contributed by atoms with van der Waals surface area (Å²) < 4.78 is 15.7. The summed E-state index contributed by atoms with van der Waals surface area (Å²) in [6, 6.07) is 4.98. The van der Waals surface area contributed by atoms with Crippen LogP contribution in [0.2, 0.25) is 0 Å². The van der Waals surface area contributed by atoms with Crippen LogP contribution in [0.3, 0.4) is 0 Å². The minimum atomic E-state index is -0.341. The molecular formula is C16H19FN4OS. The second kappa shape index (κ2) is 7.50. The number of amides is 2. The zero-order chi connectivity index (χ0) is 16.1. The molecule has 23 heavy (non-hydrogen) atoms. The van der Waals surface area contributed by atoms with Crippen molar-refractivity contribution >= 4 is 17.8 Å². The number of imidazole rings is 1. The van der Waals surface area contributed by atoms with Crippen molar-refractivity contribution in [2.24, 2.45) is 0 Å². The molecule has 0 bridgehead atoms. The van der Waals surface area contributed by atoms with Gasteiger partial charge in [0.2, 0.25) is 0 Å². The lowest BCUT2D eigenvalue weighted by molar-refractivity contribution is 0.235. The number of carbonyl (C=O) groups is 1. The van der Waals surface area contributed by atoms with Crippen LogP contribution in [0.25, 0.3) is 5.69 Å². The summed E-state index contributed by atoms with van der Waals surface area (Å²) in [5, 5.41) is 5.75. The maximum absolute atomic E-state index is 14.1. The Morgan fingerprint density at radius 1 is 1.39 bits per heavy atom. The summed E-state index contributed by atoms with van der Waals surface area (Å²) in [4.78, 5) is 15.8. The molecule has 0 atom stereocenters. The summed E-state index contributed by atoms with van der Waals surface area (Å²) in [6.07, 6.45) is 6.85. The Hall–Kier alpha value is -2.02. The maximum atomic E-state index is 14.1. The monoisotopic (exact) mass is 334 g/mol. The van der Waals surface area contributed by atoms with Gasteiger partial charge in [-0.25, -0.2) is 14.2 Å². The van der Waals surface area contributed by atoms with Crippen molar-refractivity contribution in [1.82, 2.24) is 20.2 Å². The molecule has 0 unspecified atom stereocenters. The standard InChI is InChI=1S/C16H19FN4OS/c17-14-9-12(1-2-15(14)21-6-5-18-11-21)10-19-16(22)20-13-3-7-23-8-4-13/h1-2,5-6,9,11,13H,3-4,7-8,10H2,(H2,19,20,22). The molecule has 1 aromatic carbocycles. The number of hydrogen-bond donors (Lipinski definition) is 2. The summed E-state index contributed by atoms with van der Waals surface area (Å²) in [5.41, 5.74) is 1.16. The maximum Gasteiger partial charge on any atom is 0.315 e. The molecule has 0 spiro atoms. The fourth-order valence-corrected chi connectivity index (χ4v) is 3.64. The smallest absolute Gasteiger partial charge is 0.315 e. The van der Waals surface area contributed by atoms with Crippen LogP contribution in [0.5, 0.6) is 0 Å². The minimum Gasteiger partial charge on any atom is -0.335 e. The summed E-state index contributed by atoms with van der Waals surface area (Å²) in [7, 11) is 0. The third kappa shape index (κ3) is 4.25. The summed E-state index contributed by atoms with van der Waals surface area (Å²) in [5.74, 6) is 1.84. The predicted molar refractivity (Wildman–Crippen MR) is 89.2 cm³/mol. The largest absolute Gasteiger partial charge is 0.335 e. The molecule has 2 aromatic rings. The molecule has 3 rings (SSSR count). The predicted octanol–water partition coefficient (Wildman–Crippen LogP) is 2.71. The first-order chi connectivity index (χ1) is 11.2. The Morgan fingerprint density at radius 2 is 2.22 bits per heavy atom. The number of carbonyl (C=O) groups excluding carboxylic acids is 1. The molecule has 0 radical (unpaired) electrons. The number of thioether (sulfide) groups is 1. The van der Waals surface area contributed by atoms with Gasteiger partial charge in [0, 0.05) is 25.0 Å². The number of nitrogens with zero attached hydrogens (tertiary/aromatic N) is 2. The molecule has 2 heterocycles. The Balaban J connectivity index is 1.54. The van der Waals surface area contributed by atoms with Gasteiger partial charge in [-0.1, -0.05) is 6.07 Å². The molecule has 1 aliphatic rings. The lowest BCUT2D eigenvalue weighted by Crippen LogP contribution is -2.43. The van der Waals surface area contributed by atoms with Crippen molar-refractivity contribution in [2.45, 2.75) is 25.4 Å². The van der Waals surface area contributed by atoms with Crippen molar-refractivity contribution in [1.29, 1.82) is 0 Å². The zero-order valence-corrected chi connectivity index (χ0v) is 13.5. The second-order valence-corrected chi connectivity index (χ2v) is 6.69. The highest BCUT2D eigenvalue weighted by molar-refractivity contribution is 7.99. The van der Waals surface area contributed by atoms with E-state index >= 15 is 0 Å². The molecular weight excluding hydrogens is 315 g/mol. The van der Waals surface area contributed by atoms with Gasteiger partial charge < -0.3 is 15.2 Å². The van der Waals surface area contributed by atoms with Crippen LogP contribution in [0, 0.1) is 5.82 Å². The Bertz CT molecular complexity index is 656. The molecule has 122 valence electrons. The van der Waals surface area contributed by atoms with Gasteiger partial charge in [-0.2, -0.15) is 11.8 Å². The van der Waals surface area contributed by atoms with Crippen molar-refractivity contribution in [3.8, 4) is 5.69 Å². The van der Waals surface area contributed by atoms with E-state index in [1.54, 1.807) is 35.4 Å². The van der Waals surface area contributed by atoms with E-state index in [4.69, 9.17) is 0 Å². The molecule has 1 saturated heterocycles. The Morgan fingerprint density at radius 3 is 2.91 bits per heavy atom. The van der Waals surface area contributed by atoms with Gasteiger partial charge in [-0.05, 0) is 42.0 Å². The number of benzene rings is 1. The lowest BCUT2D eigenvalue weighted by atomic mass is 10.1. The molecule has 1 fully saturated rings. The van der Waals surface area contributed by atoms with E-state index in [0.717, 1.165) is 29.9 Å². The van der Waals surface area contributed by atoms with Crippen molar-refractivity contribution < 1.29 is 9.18 Å². The number of hydrogen-bond acceptors (Lipinski definition) is 3. The number of nitrogens with one attached hydrogen (secondary N) is 2. The second-order valence-electron chi connectivity index (χ2n) is 5.47. The van der Waals surface area contributed by atoms with Gasteiger partial charge >= 0.3 is 6.03 Å². The van der Waals surface area contributed by atoms with E-state index in [1.165, 1.54) is 6.07 Å². The Kier molecular flexibility index (Phi) is 5.17. The zero-order valence-electron chi connectivity index (χ0n) is 12.7. The summed E-state index contributed by atoms with van der Waals surface area (Å²) in [6.45, 7) is 0.300. The van der Waals surface area contributed by atoms with Gasteiger partial charge in [0.1, 0.15) is 5.82 Å². The Labute approximate surface area is 138 Å². The minimum absolute atomic E-state index is 0.194. The molecule has 0 saturated carbocycles. The quantitative estimate of drug-likeness (QED) is 0.904. The van der Waals surface area contributed by atoms with Gasteiger partial charge in [0.05, 0.1) is 12.0 Å². The van der Waals surface area contributed by atoms with Gasteiger partial charge in [0.25, 0.3) is 0 Å². The van der Waals surface area contributed by atoms with E-state index < -0.39 is 0 Å². The molecule has 7 heteroatoms. The van der Waals surface area contributed by atoms with Crippen molar-refractivity contribution in [2.75, 3.05) is 11.5 Å². The number of halogens is 1. The SMILES string of the molecule is O=C(NCc1ccc(-n2ccnc2)c(F)c1)NC1CCSCC1. The highest BCUT2D eigenvalue weighted by Gasteiger charge is 2.15. The third-order valence-corrected chi connectivity index (χ3v) is 4.85. The van der Waals surface area contributed by atoms with E-state index in [1.807, 2.05) is 11.8 Å². The fourth-order valence-electron chi connectivity index (χ4n) is 2.53. The van der Waals surface area contributed by atoms with Gasteiger partial charge in [-0.15, -0.1) is 0 Å². The van der Waals surface area contributed by atoms with Crippen LogP contribution in [0.15, 0.2) is 36.9 Å². The van der Waals surface area contributed by atoms with Crippen LogP contribution in [-0.4, -0.2) is 33.1 Å². The van der Waals surface area contributed by atoms with Crippen LogP contribution in [0.4, 0.5) is 9.18 Å². The fraction of sp³-hybridized carbons (Fsp3) is 0.375. The van der Waals surface area contributed by atoms with Crippen LogP contribution in [0.1, 0.15) is 18.4 Å². The van der Waals surface area contributed by atoms with Crippen LogP contribution >= 0.6 is 11.8 Å². The van der Waals surface area contributed by atoms with Crippen molar-refractivity contribution in [3.05, 3.63) is 48.3 Å². The molecule has 1 aliphatic heterocycles. The highest BCUT2D eigenvalue weighted by Crippen LogP contribution is 2.17. The highest BCUT2D eigenvalue weighted by atomic mass is 32.2. The number of aromatic nitrogens is 2. The van der Waals surface area contributed by atoms with E-state index in [-0.39, 0.29) is 17.9 Å². The molecule has 1 aromatic heterocycles. The van der Waals surface area contributed by atoms with E-state index in [0.29, 0.717) is 12.2 Å². The average molecular weight is 334 g/mol.